The molecule has 0 bridgehead atoms. The minimum atomic E-state index is -0.850. The molecule has 0 aromatic carbocycles. The monoisotopic (exact) mass is 202 g/mol. The smallest absolute Gasteiger partial charge is 0.303 e. The highest BCUT2D eigenvalue weighted by Gasteiger charge is 2.10. The van der Waals surface area contributed by atoms with Gasteiger partial charge in [0.2, 0.25) is 5.91 Å². The number of amides is 1. The molecule has 0 rings (SSSR count). The van der Waals surface area contributed by atoms with Gasteiger partial charge < -0.3 is 16.2 Å². The molecule has 0 heterocycles. The molecule has 5 heteroatoms. The van der Waals surface area contributed by atoms with Crippen LogP contribution in [0.15, 0.2) is 0 Å². The van der Waals surface area contributed by atoms with Crippen LogP contribution >= 0.6 is 0 Å². The number of hydrogen-bond acceptors (Lipinski definition) is 3. The topological polar surface area (TPSA) is 92.4 Å². The summed E-state index contributed by atoms with van der Waals surface area (Å²) in [6.45, 7) is 2.33. The van der Waals surface area contributed by atoms with Gasteiger partial charge in [-0.3, -0.25) is 9.59 Å². The van der Waals surface area contributed by atoms with Crippen LogP contribution in [0.2, 0.25) is 0 Å². The standard InChI is InChI=1S/C9H18N2O3/c1-2-4-7(10)9(14)11-6-3-5-8(12)13/h7H,2-6,10H2,1H3,(H,11,14)(H,12,13)/t7-/m0/s1. The zero-order chi connectivity index (χ0) is 11.0. The van der Waals surface area contributed by atoms with Crippen LogP contribution in [0.1, 0.15) is 32.6 Å². The number of carbonyl (C=O) groups excluding carboxylic acids is 1. The summed E-state index contributed by atoms with van der Waals surface area (Å²) in [5.74, 6) is -1.05. The molecule has 0 radical (unpaired) electrons. The van der Waals surface area contributed by atoms with Crippen molar-refractivity contribution in [2.75, 3.05) is 6.54 Å². The normalized spacial score (nSPS) is 12.1. The van der Waals surface area contributed by atoms with E-state index in [0.717, 1.165) is 6.42 Å². The molecular weight excluding hydrogens is 184 g/mol. The summed E-state index contributed by atoms with van der Waals surface area (Å²) in [6.07, 6.45) is 2.04. The molecule has 0 saturated carbocycles. The third kappa shape index (κ3) is 6.42. The van der Waals surface area contributed by atoms with Crippen molar-refractivity contribution in [3.05, 3.63) is 0 Å². The average molecular weight is 202 g/mol. The molecule has 0 saturated heterocycles. The third-order valence-electron chi connectivity index (χ3n) is 1.80. The number of carboxylic acids is 1. The van der Waals surface area contributed by atoms with Gasteiger partial charge in [-0.25, -0.2) is 0 Å². The van der Waals surface area contributed by atoms with Gasteiger partial charge in [0.1, 0.15) is 0 Å². The first-order chi connectivity index (χ1) is 6.57. The van der Waals surface area contributed by atoms with Gasteiger partial charge in [-0.15, -0.1) is 0 Å². The first-order valence-corrected chi connectivity index (χ1v) is 4.83. The Morgan fingerprint density at radius 2 is 2.14 bits per heavy atom. The van der Waals surface area contributed by atoms with E-state index in [0.29, 0.717) is 19.4 Å². The summed E-state index contributed by atoms with van der Waals surface area (Å²) in [6, 6.07) is -0.468. The van der Waals surface area contributed by atoms with Crippen LogP contribution in [0.3, 0.4) is 0 Å². The summed E-state index contributed by atoms with van der Waals surface area (Å²) < 4.78 is 0. The molecular formula is C9H18N2O3. The van der Waals surface area contributed by atoms with Gasteiger partial charge in [0.05, 0.1) is 6.04 Å². The molecule has 0 spiro atoms. The van der Waals surface area contributed by atoms with Crippen molar-refractivity contribution in [2.24, 2.45) is 5.73 Å². The second-order valence-corrected chi connectivity index (χ2v) is 3.18. The SMILES string of the molecule is CCC[C@H](N)C(=O)NCCCC(=O)O. The summed E-state index contributed by atoms with van der Waals surface area (Å²) in [5.41, 5.74) is 5.54. The van der Waals surface area contributed by atoms with Gasteiger partial charge in [-0.05, 0) is 12.8 Å². The van der Waals surface area contributed by atoms with Gasteiger partial charge in [-0.2, -0.15) is 0 Å². The number of nitrogens with one attached hydrogen (secondary N) is 1. The highest BCUT2D eigenvalue weighted by molar-refractivity contribution is 5.81. The average Bonchev–Trinajstić information content (AvgIpc) is 2.12. The number of carboxylic acid groups (broad SMARTS) is 1. The fourth-order valence-electron chi connectivity index (χ4n) is 1.02. The molecule has 5 nitrogen and oxygen atoms in total. The quantitative estimate of drug-likeness (QED) is 0.510. The van der Waals surface area contributed by atoms with Gasteiger partial charge in [0.15, 0.2) is 0 Å². The minimum absolute atomic E-state index is 0.0727. The van der Waals surface area contributed by atoms with Crippen molar-refractivity contribution in [1.82, 2.24) is 5.32 Å². The number of hydrogen-bond donors (Lipinski definition) is 3. The number of rotatable bonds is 7. The Bertz CT molecular complexity index is 194. The maximum atomic E-state index is 11.2. The third-order valence-corrected chi connectivity index (χ3v) is 1.80. The molecule has 1 atom stereocenters. The fourth-order valence-corrected chi connectivity index (χ4v) is 1.02. The minimum Gasteiger partial charge on any atom is -0.481 e. The zero-order valence-corrected chi connectivity index (χ0v) is 8.45. The Balaban J connectivity index is 3.48. The van der Waals surface area contributed by atoms with E-state index in [2.05, 4.69) is 5.32 Å². The zero-order valence-electron chi connectivity index (χ0n) is 8.45. The molecule has 14 heavy (non-hydrogen) atoms. The second-order valence-electron chi connectivity index (χ2n) is 3.18. The van der Waals surface area contributed by atoms with Crippen LogP contribution in [-0.4, -0.2) is 29.6 Å². The highest BCUT2D eigenvalue weighted by atomic mass is 16.4. The van der Waals surface area contributed by atoms with Crippen LogP contribution in [0, 0.1) is 0 Å². The lowest BCUT2D eigenvalue weighted by Gasteiger charge is -2.10. The number of aliphatic carboxylic acids is 1. The first-order valence-electron chi connectivity index (χ1n) is 4.83. The van der Waals surface area contributed by atoms with Crippen LogP contribution < -0.4 is 11.1 Å². The van der Waals surface area contributed by atoms with Crippen LogP contribution in [0.4, 0.5) is 0 Å². The maximum absolute atomic E-state index is 11.2. The van der Waals surface area contributed by atoms with E-state index in [-0.39, 0.29) is 12.3 Å². The molecule has 0 unspecified atom stereocenters. The summed E-state index contributed by atoms with van der Waals surface area (Å²) in [5, 5.41) is 10.9. The van der Waals surface area contributed by atoms with E-state index < -0.39 is 12.0 Å². The predicted molar refractivity (Wildman–Crippen MR) is 52.8 cm³/mol. The number of carbonyl (C=O) groups is 2. The lowest BCUT2D eigenvalue weighted by atomic mass is 10.1. The van der Waals surface area contributed by atoms with Crippen LogP contribution in [0.25, 0.3) is 0 Å². The van der Waals surface area contributed by atoms with E-state index in [4.69, 9.17) is 10.8 Å². The van der Waals surface area contributed by atoms with Gasteiger partial charge in [0, 0.05) is 13.0 Å². The Morgan fingerprint density at radius 1 is 1.50 bits per heavy atom. The van der Waals surface area contributed by atoms with Crippen molar-refractivity contribution in [2.45, 2.75) is 38.6 Å². The van der Waals surface area contributed by atoms with Crippen molar-refractivity contribution in [3.63, 3.8) is 0 Å². The molecule has 1 amide bonds. The van der Waals surface area contributed by atoms with Crippen molar-refractivity contribution < 1.29 is 14.7 Å². The van der Waals surface area contributed by atoms with E-state index >= 15 is 0 Å². The van der Waals surface area contributed by atoms with E-state index in [1.807, 2.05) is 6.92 Å². The van der Waals surface area contributed by atoms with Crippen LogP contribution in [-0.2, 0) is 9.59 Å². The van der Waals surface area contributed by atoms with Crippen molar-refractivity contribution in [3.8, 4) is 0 Å². The number of nitrogens with two attached hydrogens (primary N) is 1. The van der Waals surface area contributed by atoms with E-state index in [1.165, 1.54) is 0 Å². The van der Waals surface area contributed by atoms with Gasteiger partial charge in [-0.1, -0.05) is 13.3 Å². The summed E-state index contributed by atoms with van der Waals surface area (Å²) in [7, 11) is 0. The van der Waals surface area contributed by atoms with Crippen LogP contribution in [0.5, 0.6) is 0 Å². The maximum Gasteiger partial charge on any atom is 0.303 e. The summed E-state index contributed by atoms with van der Waals surface area (Å²) in [4.78, 5) is 21.3. The van der Waals surface area contributed by atoms with E-state index in [1.54, 1.807) is 0 Å². The predicted octanol–water partition coefficient (Wildman–Crippen LogP) is 0.0948. The molecule has 4 N–H and O–H groups in total. The lowest BCUT2D eigenvalue weighted by Crippen LogP contribution is -2.40. The Morgan fingerprint density at radius 3 is 2.64 bits per heavy atom. The first kappa shape index (κ1) is 12.9. The van der Waals surface area contributed by atoms with Gasteiger partial charge in [0.25, 0.3) is 0 Å². The Hall–Kier alpha value is -1.10. The Kier molecular flexibility index (Phi) is 6.74. The Labute approximate surface area is 83.7 Å². The molecule has 0 aliphatic carbocycles. The molecule has 0 aromatic heterocycles. The molecule has 0 fully saturated rings. The molecule has 0 aliphatic heterocycles. The fraction of sp³-hybridized carbons (Fsp3) is 0.778. The van der Waals surface area contributed by atoms with Gasteiger partial charge >= 0.3 is 5.97 Å². The molecule has 0 aromatic rings. The van der Waals surface area contributed by atoms with E-state index in [9.17, 15) is 9.59 Å². The molecule has 82 valence electrons. The molecule has 0 aliphatic rings. The second kappa shape index (κ2) is 7.32. The van der Waals surface area contributed by atoms with Crippen molar-refractivity contribution in [1.29, 1.82) is 0 Å². The van der Waals surface area contributed by atoms with Crippen molar-refractivity contribution >= 4 is 11.9 Å². The lowest BCUT2D eigenvalue weighted by molar-refractivity contribution is -0.137. The largest absolute Gasteiger partial charge is 0.481 e. The highest BCUT2D eigenvalue weighted by Crippen LogP contribution is 1.93. The summed E-state index contributed by atoms with van der Waals surface area (Å²) >= 11 is 0.